The molecule has 7 nitrogen and oxygen atoms in total. The molecular weight excluding hydrogens is 418 g/mol. The van der Waals surface area contributed by atoms with Crippen LogP contribution in [0.1, 0.15) is 52.1 Å². The van der Waals surface area contributed by atoms with Crippen LogP contribution in [0.3, 0.4) is 0 Å². The van der Waals surface area contributed by atoms with Crippen molar-refractivity contribution in [2.24, 2.45) is 0 Å². The average Bonchev–Trinajstić information content (AvgIpc) is 3.15. The number of nitrogens with one attached hydrogen (secondary N) is 1. The maximum Gasteiger partial charge on any atom is 0.277 e. The van der Waals surface area contributed by atoms with E-state index >= 15 is 0 Å². The van der Waals surface area contributed by atoms with Crippen molar-refractivity contribution < 1.29 is 9.59 Å². The Labute approximate surface area is 164 Å². The van der Waals surface area contributed by atoms with Gasteiger partial charge in [0.2, 0.25) is 0 Å². The monoisotopic (exact) mass is 437 g/mol. The molecule has 0 aromatic carbocycles. The maximum atomic E-state index is 12.7. The van der Waals surface area contributed by atoms with Gasteiger partial charge in [0.15, 0.2) is 5.69 Å². The highest BCUT2D eigenvalue weighted by atomic mass is 79.9. The van der Waals surface area contributed by atoms with E-state index in [4.69, 9.17) is 0 Å². The SMILES string of the molecule is CCN(CC)C(=O)c1sc(NC(=O)c2nn(CC)cc2Br)c(C#N)c1C. The number of thiophene rings is 1. The molecule has 0 bridgehead atoms. The normalized spacial score (nSPS) is 10.5. The summed E-state index contributed by atoms with van der Waals surface area (Å²) in [6.45, 7) is 9.25. The number of carbonyl (C=O) groups excluding carboxylic acids is 2. The lowest BCUT2D eigenvalue weighted by Gasteiger charge is -2.17. The second kappa shape index (κ2) is 8.47. The van der Waals surface area contributed by atoms with Gasteiger partial charge in [-0.15, -0.1) is 11.3 Å². The van der Waals surface area contributed by atoms with E-state index in [9.17, 15) is 14.9 Å². The van der Waals surface area contributed by atoms with E-state index in [-0.39, 0.29) is 11.6 Å². The highest BCUT2D eigenvalue weighted by Crippen LogP contribution is 2.34. The highest BCUT2D eigenvalue weighted by molar-refractivity contribution is 9.10. The third kappa shape index (κ3) is 3.81. The summed E-state index contributed by atoms with van der Waals surface area (Å²) in [4.78, 5) is 27.4. The smallest absolute Gasteiger partial charge is 0.277 e. The molecule has 9 heteroatoms. The van der Waals surface area contributed by atoms with E-state index < -0.39 is 5.91 Å². The summed E-state index contributed by atoms with van der Waals surface area (Å²) in [5, 5.41) is 16.8. The summed E-state index contributed by atoms with van der Waals surface area (Å²) in [5.41, 5.74) is 1.13. The van der Waals surface area contributed by atoms with Gasteiger partial charge in [-0.25, -0.2) is 0 Å². The zero-order valence-corrected chi connectivity index (χ0v) is 17.5. The first-order valence-corrected chi connectivity index (χ1v) is 9.85. The van der Waals surface area contributed by atoms with Gasteiger partial charge in [0.1, 0.15) is 11.1 Å². The van der Waals surface area contributed by atoms with Crippen molar-refractivity contribution in [2.45, 2.75) is 34.2 Å². The fourth-order valence-electron chi connectivity index (χ4n) is 2.47. The molecule has 0 saturated heterocycles. The van der Waals surface area contributed by atoms with Crippen molar-refractivity contribution in [3.8, 4) is 6.07 Å². The van der Waals surface area contributed by atoms with Crippen LogP contribution in [0.4, 0.5) is 5.00 Å². The van der Waals surface area contributed by atoms with Crippen LogP contribution < -0.4 is 5.32 Å². The molecule has 2 aromatic heterocycles. The summed E-state index contributed by atoms with van der Waals surface area (Å²) >= 11 is 4.45. The molecule has 0 atom stereocenters. The topological polar surface area (TPSA) is 91.0 Å². The van der Waals surface area contributed by atoms with Gasteiger partial charge in [-0.1, -0.05) is 0 Å². The van der Waals surface area contributed by atoms with E-state index in [2.05, 4.69) is 32.4 Å². The molecule has 0 unspecified atom stereocenters. The second-order valence-electron chi connectivity index (χ2n) is 5.49. The molecule has 0 aliphatic carbocycles. The number of aryl methyl sites for hydroxylation is 1. The molecule has 26 heavy (non-hydrogen) atoms. The van der Waals surface area contributed by atoms with Crippen LogP contribution in [0, 0.1) is 18.3 Å². The van der Waals surface area contributed by atoms with Crippen molar-refractivity contribution in [2.75, 3.05) is 18.4 Å². The number of anilines is 1. The first-order chi connectivity index (χ1) is 12.4. The molecular formula is C17H20BrN5O2S. The molecule has 0 fully saturated rings. The Bertz CT molecular complexity index is 877. The molecule has 138 valence electrons. The van der Waals surface area contributed by atoms with Crippen LogP contribution >= 0.6 is 27.3 Å². The average molecular weight is 438 g/mol. The fraction of sp³-hybridized carbons (Fsp3) is 0.412. The quantitative estimate of drug-likeness (QED) is 0.746. The van der Waals surface area contributed by atoms with Crippen LogP contribution in [0.5, 0.6) is 0 Å². The zero-order chi connectivity index (χ0) is 19.4. The summed E-state index contributed by atoms with van der Waals surface area (Å²) in [6.07, 6.45) is 1.72. The lowest BCUT2D eigenvalue weighted by molar-refractivity contribution is 0.0777. The lowest BCUT2D eigenvalue weighted by Crippen LogP contribution is -2.30. The number of hydrogen-bond donors (Lipinski definition) is 1. The van der Waals surface area contributed by atoms with Gasteiger partial charge < -0.3 is 10.2 Å². The number of hydrogen-bond acceptors (Lipinski definition) is 5. The first kappa shape index (κ1) is 20.1. The number of aromatic nitrogens is 2. The number of nitrogens with zero attached hydrogens (tertiary/aromatic N) is 4. The predicted octanol–water partition coefficient (Wildman–Crippen LogP) is 3.64. The molecule has 0 aliphatic heterocycles. The Balaban J connectivity index is 2.36. The zero-order valence-electron chi connectivity index (χ0n) is 15.1. The molecule has 2 rings (SSSR count). The van der Waals surface area contributed by atoms with Crippen molar-refractivity contribution in [3.05, 3.63) is 32.4 Å². The van der Waals surface area contributed by atoms with Gasteiger partial charge in [-0.05, 0) is 49.2 Å². The summed E-state index contributed by atoms with van der Waals surface area (Å²) in [7, 11) is 0. The number of amides is 2. The number of rotatable bonds is 6. The molecule has 0 radical (unpaired) electrons. The second-order valence-corrected chi connectivity index (χ2v) is 7.36. The van der Waals surface area contributed by atoms with Gasteiger partial charge in [0.25, 0.3) is 11.8 Å². The number of carbonyl (C=O) groups is 2. The fourth-order valence-corrected chi connectivity index (χ4v) is 4.09. The van der Waals surface area contributed by atoms with Gasteiger partial charge in [-0.3, -0.25) is 14.3 Å². The molecule has 0 aliphatic rings. The van der Waals surface area contributed by atoms with Crippen molar-refractivity contribution in [3.63, 3.8) is 0 Å². The minimum absolute atomic E-state index is 0.133. The summed E-state index contributed by atoms with van der Waals surface area (Å²) in [6, 6.07) is 2.09. The lowest BCUT2D eigenvalue weighted by atomic mass is 10.1. The Kier molecular flexibility index (Phi) is 6.56. The minimum atomic E-state index is -0.427. The summed E-state index contributed by atoms with van der Waals surface area (Å²) in [5.74, 6) is -0.561. The number of halogens is 1. The van der Waals surface area contributed by atoms with E-state index in [0.29, 0.717) is 45.1 Å². The molecule has 2 aromatic rings. The van der Waals surface area contributed by atoms with Gasteiger partial charge >= 0.3 is 0 Å². The van der Waals surface area contributed by atoms with E-state index in [1.165, 1.54) is 0 Å². The molecule has 0 saturated carbocycles. The minimum Gasteiger partial charge on any atom is -0.338 e. The molecule has 2 amide bonds. The van der Waals surface area contributed by atoms with E-state index in [1.54, 1.807) is 22.7 Å². The molecule has 0 spiro atoms. The Hall–Kier alpha value is -2.18. The van der Waals surface area contributed by atoms with Crippen molar-refractivity contribution in [1.82, 2.24) is 14.7 Å². The molecule has 1 N–H and O–H groups in total. The van der Waals surface area contributed by atoms with Crippen LogP contribution in [0.15, 0.2) is 10.7 Å². The maximum absolute atomic E-state index is 12.7. The highest BCUT2D eigenvalue weighted by Gasteiger charge is 2.25. The van der Waals surface area contributed by atoms with Crippen molar-refractivity contribution >= 4 is 44.1 Å². The van der Waals surface area contributed by atoms with Gasteiger partial charge in [0.05, 0.1) is 14.9 Å². The van der Waals surface area contributed by atoms with Crippen LogP contribution in [-0.2, 0) is 6.54 Å². The standard InChI is InChI=1S/C17H20BrN5O2S/c1-5-22(6-2)17(25)14-10(4)11(8-19)16(26-14)20-15(24)13-12(18)9-23(7-3)21-13/h9H,5-7H2,1-4H3,(H,20,24). The Morgan fingerprint density at radius 2 is 2.04 bits per heavy atom. The van der Waals surface area contributed by atoms with Crippen LogP contribution in [0.25, 0.3) is 0 Å². The summed E-state index contributed by atoms with van der Waals surface area (Å²) < 4.78 is 2.21. The molecule has 2 heterocycles. The van der Waals surface area contributed by atoms with Crippen LogP contribution in [0.2, 0.25) is 0 Å². The van der Waals surface area contributed by atoms with Crippen LogP contribution in [-0.4, -0.2) is 39.6 Å². The van der Waals surface area contributed by atoms with Gasteiger partial charge in [0, 0.05) is 25.8 Å². The van der Waals surface area contributed by atoms with E-state index in [1.807, 2.05) is 20.8 Å². The third-order valence-electron chi connectivity index (χ3n) is 3.99. The van der Waals surface area contributed by atoms with E-state index in [0.717, 1.165) is 11.3 Å². The number of nitriles is 1. The third-order valence-corrected chi connectivity index (χ3v) is 5.76. The van der Waals surface area contributed by atoms with Gasteiger partial charge in [-0.2, -0.15) is 10.4 Å². The Morgan fingerprint density at radius 1 is 1.38 bits per heavy atom. The Morgan fingerprint density at radius 3 is 2.54 bits per heavy atom. The van der Waals surface area contributed by atoms with Crippen molar-refractivity contribution in [1.29, 1.82) is 5.26 Å². The first-order valence-electron chi connectivity index (χ1n) is 8.24. The predicted molar refractivity (Wildman–Crippen MR) is 105 cm³/mol. The largest absolute Gasteiger partial charge is 0.338 e.